The van der Waals surface area contributed by atoms with E-state index in [0.717, 1.165) is 9.79 Å². The molecule has 0 atom stereocenters. The summed E-state index contributed by atoms with van der Waals surface area (Å²) in [6.45, 7) is 1.15. The van der Waals surface area contributed by atoms with Gasteiger partial charge in [-0.25, -0.2) is 0 Å². The lowest BCUT2D eigenvalue weighted by molar-refractivity contribution is -0.147. The molecule has 0 saturated carbocycles. The van der Waals surface area contributed by atoms with E-state index < -0.39 is 18.5 Å². The Balaban J connectivity index is 1.87. The summed E-state index contributed by atoms with van der Waals surface area (Å²) in [5.74, 6) is -1.22. The normalized spacial score (nSPS) is 10.1. The molecule has 0 aliphatic rings. The zero-order valence-electron chi connectivity index (χ0n) is 14.7. The van der Waals surface area contributed by atoms with Crippen LogP contribution < -0.4 is 10.6 Å². The number of esters is 1. The summed E-state index contributed by atoms with van der Waals surface area (Å²) in [6.07, 6.45) is 0.00979. The van der Waals surface area contributed by atoms with Crippen LogP contribution in [0.15, 0.2) is 58.3 Å². The van der Waals surface area contributed by atoms with Crippen molar-refractivity contribution in [2.45, 2.75) is 23.1 Å². The number of ether oxygens (including phenoxy) is 1. The number of halogens is 1. The summed E-state index contributed by atoms with van der Waals surface area (Å²) in [5, 5.41) is 5.88. The van der Waals surface area contributed by atoms with Gasteiger partial charge in [0, 0.05) is 28.3 Å². The highest BCUT2D eigenvalue weighted by Crippen LogP contribution is 2.33. The average Bonchev–Trinajstić information content (AvgIpc) is 2.63. The minimum atomic E-state index is -0.553. The SMILES string of the molecule is CC(=O)NCCC(=O)OCC(=O)Nc1ccccc1Sc1ccc(Cl)cc1. The molecule has 0 aromatic heterocycles. The fraction of sp³-hybridized carbons (Fsp3) is 0.211. The van der Waals surface area contributed by atoms with Crippen LogP contribution in [-0.2, 0) is 19.1 Å². The third-order valence-electron chi connectivity index (χ3n) is 3.27. The van der Waals surface area contributed by atoms with Crippen LogP contribution in [0.1, 0.15) is 13.3 Å². The lowest BCUT2D eigenvalue weighted by atomic mass is 10.3. The van der Waals surface area contributed by atoms with Gasteiger partial charge in [0.25, 0.3) is 5.91 Å². The third-order valence-corrected chi connectivity index (χ3v) is 4.61. The largest absolute Gasteiger partial charge is 0.456 e. The number of amides is 2. The van der Waals surface area contributed by atoms with Crippen LogP contribution in [0, 0.1) is 0 Å². The van der Waals surface area contributed by atoms with Gasteiger partial charge in [-0.1, -0.05) is 35.5 Å². The zero-order chi connectivity index (χ0) is 19.6. The standard InChI is InChI=1S/C19H19ClN2O4S/c1-13(23)21-11-10-19(25)26-12-18(24)22-16-4-2-3-5-17(16)27-15-8-6-14(20)7-9-15/h2-9H,10-12H2,1H3,(H,21,23)(H,22,24). The Morgan fingerprint density at radius 3 is 2.48 bits per heavy atom. The molecule has 2 rings (SSSR count). The first-order valence-corrected chi connectivity index (χ1v) is 9.36. The lowest BCUT2D eigenvalue weighted by Crippen LogP contribution is -2.26. The van der Waals surface area contributed by atoms with Crippen LogP contribution >= 0.6 is 23.4 Å². The predicted octanol–water partition coefficient (Wildman–Crippen LogP) is 3.50. The van der Waals surface area contributed by atoms with E-state index in [1.54, 1.807) is 24.3 Å². The number of carbonyl (C=O) groups is 3. The molecule has 2 aromatic rings. The van der Waals surface area contributed by atoms with Crippen molar-refractivity contribution in [2.24, 2.45) is 0 Å². The molecule has 0 saturated heterocycles. The fourth-order valence-corrected chi connectivity index (χ4v) is 3.06. The first kappa shape index (κ1) is 20.8. The summed E-state index contributed by atoms with van der Waals surface area (Å²) >= 11 is 7.38. The molecule has 0 aliphatic carbocycles. The summed E-state index contributed by atoms with van der Waals surface area (Å²) in [6, 6.07) is 14.7. The summed E-state index contributed by atoms with van der Waals surface area (Å²) in [5.41, 5.74) is 0.622. The summed E-state index contributed by atoms with van der Waals surface area (Å²) in [7, 11) is 0. The zero-order valence-corrected chi connectivity index (χ0v) is 16.2. The minimum absolute atomic E-state index is 0.00979. The van der Waals surface area contributed by atoms with Crippen molar-refractivity contribution in [2.75, 3.05) is 18.5 Å². The topological polar surface area (TPSA) is 84.5 Å². The molecule has 0 spiro atoms. The Bertz CT molecular complexity index is 812. The van der Waals surface area contributed by atoms with E-state index in [0.29, 0.717) is 10.7 Å². The fourth-order valence-electron chi connectivity index (χ4n) is 2.03. The highest BCUT2D eigenvalue weighted by Gasteiger charge is 2.11. The molecular weight excluding hydrogens is 388 g/mol. The molecule has 27 heavy (non-hydrogen) atoms. The van der Waals surface area contributed by atoms with Crippen molar-refractivity contribution in [3.63, 3.8) is 0 Å². The van der Waals surface area contributed by atoms with Crippen LogP contribution in [0.25, 0.3) is 0 Å². The molecule has 0 bridgehead atoms. The highest BCUT2D eigenvalue weighted by molar-refractivity contribution is 7.99. The maximum Gasteiger partial charge on any atom is 0.308 e. The molecule has 0 unspecified atom stereocenters. The van der Waals surface area contributed by atoms with Crippen LogP contribution in [0.3, 0.4) is 0 Å². The number of benzene rings is 2. The van der Waals surface area contributed by atoms with Gasteiger partial charge in [-0.2, -0.15) is 0 Å². The van der Waals surface area contributed by atoms with Crippen molar-refractivity contribution in [1.82, 2.24) is 5.32 Å². The van der Waals surface area contributed by atoms with E-state index in [4.69, 9.17) is 16.3 Å². The first-order valence-electron chi connectivity index (χ1n) is 8.16. The Morgan fingerprint density at radius 2 is 1.78 bits per heavy atom. The number of rotatable bonds is 8. The van der Waals surface area contributed by atoms with Gasteiger partial charge in [0.1, 0.15) is 0 Å². The van der Waals surface area contributed by atoms with Gasteiger partial charge >= 0.3 is 5.97 Å². The molecule has 0 heterocycles. The smallest absolute Gasteiger partial charge is 0.308 e. The molecule has 6 nitrogen and oxygen atoms in total. The second-order valence-corrected chi connectivity index (χ2v) is 7.05. The van der Waals surface area contributed by atoms with Gasteiger partial charge in [0.05, 0.1) is 12.1 Å². The Hall–Kier alpha value is -2.51. The van der Waals surface area contributed by atoms with Gasteiger partial charge < -0.3 is 15.4 Å². The number of nitrogens with one attached hydrogen (secondary N) is 2. The second kappa shape index (κ2) is 10.6. The Labute approximate surface area is 166 Å². The number of hydrogen-bond donors (Lipinski definition) is 2. The van der Waals surface area contributed by atoms with Crippen molar-refractivity contribution in [3.8, 4) is 0 Å². The van der Waals surface area contributed by atoms with E-state index in [9.17, 15) is 14.4 Å². The van der Waals surface area contributed by atoms with Crippen LogP contribution in [0.4, 0.5) is 5.69 Å². The predicted molar refractivity (Wildman–Crippen MR) is 105 cm³/mol. The monoisotopic (exact) mass is 406 g/mol. The molecule has 2 N–H and O–H groups in total. The van der Waals surface area contributed by atoms with E-state index in [1.165, 1.54) is 18.7 Å². The van der Waals surface area contributed by atoms with Crippen molar-refractivity contribution < 1.29 is 19.1 Å². The Morgan fingerprint density at radius 1 is 1.07 bits per heavy atom. The summed E-state index contributed by atoms with van der Waals surface area (Å²) < 4.78 is 4.91. The maximum atomic E-state index is 12.1. The molecular formula is C19H19ClN2O4S. The average molecular weight is 407 g/mol. The van der Waals surface area contributed by atoms with E-state index in [2.05, 4.69) is 10.6 Å². The van der Waals surface area contributed by atoms with Gasteiger partial charge in [0.15, 0.2) is 6.61 Å². The van der Waals surface area contributed by atoms with E-state index >= 15 is 0 Å². The second-order valence-electron chi connectivity index (χ2n) is 5.49. The Kier molecular flexibility index (Phi) is 8.16. The van der Waals surface area contributed by atoms with Crippen LogP contribution in [0.5, 0.6) is 0 Å². The molecule has 2 aromatic carbocycles. The number of carbonyl (C=O) groups excluding carboxylic acids is 3. The molecule has 0 radical (unpaired) electrons. The third kappa shape index (κ3) is 7.72. The van der Waals surface area contributed by atoms with Gasteiger partial charge in [-0.05, 0) is 36.4 Å². The van der Waals surface area contributed by atoms with Gasteiger partial charge in [-0.3, -0.25) is 14.4 Å². The molecule has 0 fully saturated rings. The molecule has 142 valence electrons. The van der Waals surface area contributed by atoms with E-state index in [-0.39, 0.29) is 18.9 Å². The molecule has 0 aliphatic heterocycles. The molecule has 2 amide bonds. The van der Waals surface area contributed by atoms with Crippen molar-refractivity contribution >= 4 is 46.8 Å². The van der Waals surface area contributed by atoms with Crippen molar-refractivity contribution in [3.05, 3.63) is 53.6 Å². The lowest BCUT2D eigenvalue weighted by Gasteiger charge is -2.11. The van der Waals surface area contributed by atoms with Crippen LogP contribution in [-0.4, -0.2) is 30.9 Å². The molecule has 8 heteroatoms. The number of para-hydroxylation sites is 1. The summed E-state index contributed by atoms with van der Waals surface area (Å²) in [4.78, 5) is 36.2. The minimum Gasteiger partial charge on any atom is -0.456 e. The van der Waals surface area contributed by atoms with Crippen molar-refractivity contribution in [1.29, 1.82) is 0 Å². The first-order chi connectivity index (χ1) is 12.9. The van der Waals surface area contributed by atoms with Gasteiger partial charge in [-0.15, -0.1) is 0 Å². The van der Waals surface area contributed by atoms with Crippen LogP contribution in [0.2, 0.25) is 5.02 Å². The quantitative estimate of drug-likeness (QED) is 0.655. The highest BCUT2D eigenvalue weighted by atomic mass is 35.5. The van der Waals surface area contributed by atoms with E-state index in [1.807, 2.05) is 24.3 Å². The van der Waals surface area contributed by atoms with Gasteiger partial charge in [0.2, 0.25) is 5.91 Å². The maximum absolute atomic E-state index is 12.1. The number of hydrogen-bond acceptors (Lipinski definition) is 5. The number of anilines is 1.